The number of carbonyl (C=O) groups excluding carboxylic acids is 2. The smallest absolute Gasteiger partial charge is 0.256 e. The number of hydrogen-bond acceptors (Lipinski definition) is 6. The van der Waals surface area contributed by atoms with Crippen molar-refractivity contribution in [2.75, 3.05) is 31.4 Å². The fourth-order valence-electron chi connectivity index (χ4n) is 3.44. The number of amides is 2. The van der Waals surface area contributed by atoms with Crippen LogP contribution in [0.5, 0.6) is 11.5 Å². The van der Waals surface area contributed by atoms with Crippen LogP contribution in [0.2, 0.25) is 0 Å². The van der Waals surface area contributed by atoms with Crippen molar-refractivity contribution in [2.24, 2.45) is 0 Å². The van der Waals surface area contributed by atoms with E-state index in [1.54, 1.807) is 37.7 Å². The molecule has 7 nitrogen and oxygen atoms in total. The molecular formula is C24H23N3O4S. The number of fused-ring (bicyclic) bond motifs is 1. The average Bonchev–Trinajstić information content (AvgIpc) is 3.42. The molecule has 164 valence electrons. The summed E-state index contributed by atoms with van der Waals surface area (Å²) in [5, 5.41) is 10.8. The van der Waals surface area contributed by atoms with Gasteiger partial charge in [-0.25, -0.2) is 0 Å². The molecule has 1 aliphatic heterocycles. The number of nitrogens with one attached hydrogen (secondary N) is 3. The van der Waals surface area contributed by atoms with Crippen LogP contribution in [0.15, 0.2) is 53.9 Å². The molecular weight excluding hydrogens is 426 g/mol. The zero-order chi connectivity index (χ0) is 22.5. The highest BCUT2D eigenvalue weighted by atomic mass is 32.1. The number of thiophene rings is 1. The predicted molar refractivity (Wildman–Crippen MR) is 127 cm³/mol. The molecule has 0 atom stereocenters. The normalized spacial score (nSPS) is 13.6. The molecule has 4 rings (SSSR count). The Morgan fingerprint density at radius 2 is 1.94 bits per heavy atom. The van der Waals surface area contributed by atoms with Crippen LogP contribution in [0.1, 0.15) is 16.0 Å². The van der Waals surface area contributed by atoms with E-state index in [0.717, 1.165) is 21.7 Å². The SMILES string of the molecule is COc1ccc(CNCC(=O)Nc2ccc3c(c2)C(=Cc2cccs2)C(=O)N3)cc1OC. The summed E-state index contributed by atoms with van der Waals surface area (Å²) in [6.45, 7) is 0.643. The van der Waals surface area contributed by atoms with Gasteiger partial charge in [-0.3, -0.25) is 9.59 Å². The molecule has 0 spiro atoms. The number of rotatable bonds is 8. The van der Waals surface area contributed by atoms with Crippen LogP contribution in [0, 0.1) is 0 Å². The lowest BCUT2D eigenvalue weighted by Gasteiger charge is -2.11. The highest BCUT2D eigenvalue weighted by molar-refractivity contribution is 7.11. The Hall–Kier alpha value is -3.62. The van der Waals surface area contributed by atoms with Gasteiger partial charge in [0, 0.05) is 28.4 Å². The highest BCUT2D eigenvalue weighted by Crippen LogP contribution is 2.35. The Morgan fingerprint density at radius 3 is 2.69 bits per heavy atom. The minimum atomic E-state index is -0.175. The molecule has 0 saturated carbocycles. The molecule has 1 aliphatic rings. The van der Waals surface area contributed by atoms with Gasteiger partial charge >= 0.3 is 0 Å². The fourth-order valence-corrected chi connectivity index (χ4v) is 4.10. The molecule has 2 aromatic carbocycles. The third-order valence-corrected chi connectivity index (χ3v) is 5.80. The topological polar surface area (TPSA) is 88.7 Å². The molecule has 0 saturated heterocycles. The first-order valence-electron chi connectivity index (χ1n) is 10.00. The van der Waals surface area contributed by atoms with Crippen LogP contribution in [0.25, 0.3) is 11.6 Å². The number of ether oxygens (including phenoxy) is 2. The van der Waals surface area contributed by atoms with E-state index in [0.29, 0.717) is 29.3 Å². The van der Waals surface area contributed by atoms with Crippen molar-refractivity contribution in [1.29, 1.82) is 0 Å². The van der Waals surface area contributed by atoms with Gasteiger partial charge in [-0.2, -0.15) is 0 Å². The van der Waals surface area contributed by atoms with Crippen molar-refractivity contribution in [3.05, 3.63) is 69.9 Å². The van der Waals surface area contributed by atoms with Crippen molar-refractivity contribution < 1.29 is 19.1 Å². The Balaban J connectivity index is 1.37. The lowest BCUT2D eigenvalue weighted by molar-refractivity contribution is -0.115. The lowest BCUT2D eigenvalue weighted by atomic mass is 10.1. The molecule has 8 heteroatoms. The Bertz CT molecular complexity index is 1170. The number of benzene rings is 2. The van der Waals surface area contributed by atoms with E-state index in [4.69, 9.17) is 9.47 Å². The van der Waals surface area contributed by atoms with E-state index in [1.165, 1.54) is 0 Å². The minimum Gasteiger partial charge on any atom is -0.493 e. The van der Waals surface area contributed by atoms with Crippen LogP contribution >= 0.6 is 11.3 Å². The number of hydrogen-bond donors (Lipinski definition) is 3. The second-order valence-electron chi connectivity index (χ2n) is 7.13. The summed E-state index contributed by atoms with van der Waals surface area (Å²) in [6, 6.07) is 14.9. The summed E-state index contributed by atoms with van der Waals surface area (Å²) < 4.78 is 10.5. The van der Waals surface area contributed by atoms with Gasteiger partial charge in [0.15, 0.2) is 11.5 Å². The Labute approximate surface area is 190 Å². The van der Waals surface area contributed by atoms with E-state index in [2.05, 4.69) is 16.0 Å². The van der Waals surface area contributed by atoms with Gasteiger partial charge in [0.1, 0.15) is 0 Å². The van der Waals surface area contributed by atoms with Crippen molar-refractivity contribution in [1.82, 2.24) is 5.32 Å². The molecule has 2 amide bonds. The molecule has 2 heterocycles. The summed E-state index contributed by atoms with van der Waals surface area (Å²) in [5.74, 6) is 0.981. The molecule has 32 heavy (non-hydrogen) atoms. The third kappa shape index (κ3) is 4.82. The first-order valence-corrected chi connectivity index (χ1v) is 10.9. The van der Waals surface area contributed by atoms with Crippen molar-refractivity contribution >= 4 is 46.2 Å². The van der Waals surface area contributed by atoms with Gasteiger partial charge in [-0.1, -0.05) is 12.1 Å². The number of carbonyl (C=O) groups is 2. The van der Waals surface area contributed by atoms with Gasteiger partial charge in [-0.15, -0.1) is 11.3 Å². The van der Waals surface area contributed by atoms with Crippen LogP contribution < -0.4 is 25.4 Å². The van der Waals surface area contributed by atoms with Crippen molar-refractivity contribution in [3.8, 4) is 11.5 Å². The van der Waals surface area contributed by atoms with Crippen LogP contribution in [-0.4, -0.2) is 32.6 Å². The molecule has 1 aromatic heterocycles. The molecule has 0 bridgehead atoms. The summed E-state index contributed by atoms with van der Waals surface area (Å²) in [7, 11) is 3.18. The van der Waals surface area contributed by atoms with E-state index < -0.39 is 0 Å². The number of methoxy groups -OCH3 is 2. The van der Waals surface area contributed by atoms with Gasteiger partial charge in [0.2, 0.25) is 5.91 Å². The van der Waals surface area contributed by atoms with Crippen LogP contribution in [-0.2, 0) is 16.1 Å². The van der Waals surface area contributed by atoms with Crippen LogP contribution in [0.4, 0.5) is 11.4 Å². The quantitative estimate of drug-likeness (QED) is 0.453. The standard InChI is InChI=1S/C24H23N3O4S/c1-30-21-8-5-15(10-22(21)31-2)13-25-14-23(28)26-16-6-7-20-18(11-16)19(24(29)27-20)12-17-4-3-9-32-17/h3-12,25H,13-14H2,1-2H3,(H,26,28)(H,27,29). The van der Waals surface area contributed by atoms with Gasteiger partial charge in [0.05, 0.1) is 26.3 Å². The number of anilines is 2. The Morgan fingerprint density at radius 1 is 1.09 bits per heavy atom. The van der Waals surface area contributed by atoms with Gasteiger partial charge in [0.25, 0.3) is 5.91 Å². The second kappa shape index (κ2) is 9.67. The second-order valence-corrected chi connectivity index (χ2v) is 8.11. The van der Waals surface area contributed by atoms with Crippen molar-refractivity contribution in [2.45, 2.75) is 6.54 Å². The van der Waals surface area contributed by atoms with E-state index in [1.807, 2.05) is 47.9 Å². The third-order valence-electron chi connectivity index (χ3n) is 4.98. The maximum Gasteiger partial charge on any atom is 0.256 e. The molecule has 0 aliphatic carbocycles. The highest BCUT2D eigenvalue weighted by Gasteiger charge is 2.24. The van der Waals surface area contributed by atoms with Gasteiger partial charge < -0.3 is 25.4 Å². The minimum absolute atomic E-state index is 0.139. The summed E-state index contributed by atoms with van der Waals surface area (Å²) in [4.78, 5) is 25.8. The largest absolute Gasteiger partial charge is 0.493 e. The van der Waals surface area contributed by atoms with E-state index >= 15 is 0 Å². The fraction of sp³-hybridized carbons (Fsp3) is 0.167. The maximum absolute atomic E-state index is 12.4. The van der Waals surface area contributed by atoms with Crippen LogP contribution in [0.3, 0.4) is 0 Å². The zero-order valence-electron chi connectivity index (χ0n) is 17.7. The monoisotopic (exact) mass is 449 g/mol. The summed E-state index contributed by atoms with van der Waals surface area (Å²) in [5.41, 5.74) is 3.71. The molecule has 0 radical (unpaired) electrons. The van der Waals surface area contributed by atoms with Crippen molar-refractivity contribution in [3.63, 3.8) is 0 Å². The summed E-state index contributed by atoms with van der Waals surface area (Å²) in [6.07, 6.45) is 1.86. The zero-order valence-corrected chi connectivity index (χ0v) is 18.5. The summed E-state index contributed by atoms with van der Waals surface area (Å²) >= 11 is 1.56. The van der Waals surface area contributed by atoms with E-state index in [-0.39, 0.29) is 18.4 Å². The first-order chi connectivity index (χ1) is 15.6. The van der Waals surface area contributed by atoms with Gasteiger partial charge in [-0.05, 0) is 53.4 Å². The first kappa shape index (κ1) is 21.6. The van der Waals surface area contributed by atoms with E-state index in [9.17, 15) is 9.59 Å². The average molecular weight is 450 g/mol. The maximum atomic E-state index is 12.4. The molecule has 0 unspecified atom stereocenters. The molecule has 3 aromatic rings. The lowest BCUT2D eigenvalue weighted by Crippen LogP contribution is -2.27. The molecule has 3 N–H and O–H groups in total. The Kier molecular flexibility index (Phi) is 6.53. The predicted octanol–water partition coefficient (Wildman–Crippen LogP) is 3.99. The molecule has 0 fully saturated rings.